The van der Waals surface area contributed by atoms with Crippen LogP contribution in [0.1, 0.15) is 6.92 Å². The van der Waals surface area contributed by atoms with E-state index < -0.39 is 79.6 Å². The predicted octanol–water partition coefficient (Wildman–Crippen LogP) is -3.89. The number of nitrogens with one attached hydrogen (secondary N) is 2. The molecule has 2 aliphatic rings. The van der Waals surface area contributed by atoms with E-state index in [1.807, 2.05) is 0 Å². The first-order valence-electron chi connectivity index (χ1n) is 9.55. The second-order valence-corrected chi connectivity index (χ2v) is 8.27. The second kappa shape index (κ2) is 11.7. The summed E-state index contributed by atoms with van der Waals surface area (Å²) in [5.74, 6) is -0.473. The van der Waals surface area contributed by atoms with Crippen molar-refractivity contribution < 1.29 is 54.4 Å². The van der Waals surface area contributed by atoms with E-state index in [1.165, 1.54) is 14.0 Å². The third kappa shape index (κ3) is 6.25. The molecule has 2 fully saturated rings. The SMILES string of the molecule is COC(=N)CSC1OC(CO)[C@H](OC2OC(CO)C(O)C(O)C2O)C(O)C1NC(C)=O. The molecule has 2 rings (SSSR count). The van der Waals surface area contributed by atoms with Gasteiger partial charge >= 0.3 is 0 Å². The first-order chi connectivity index (χ1) is 14.6. The highest BCUT2D eigenvalue weighted by molar-refractivity contribution is 8.00. The molecule has 2 aliphatic heterocycles. The molecule has 1 amide bonds. The summed E-state index contributed by atoms with van der Waals surface area (Å²) in [5, 5.41) is 70.1. The van der Waals surface area contributed by atoms with E-state index in [9.17, 15) is 35.4 Å². The topological polar surface area (TPSA) is 211 Å². The molecule has 2 saturated heterocycles. The number of ether oxygens (including phenoxy) is 4. The Morgan fingerprint density at radius 3 is 2.23 bits per heavy atom. The van der Waals surface area contributed by atoms with Crippen LogP contribution in [0.5, 0.6) is 0 Å². The Morgan fingerprint density at radius 1 is 1.03 bits per heavy atom. The molecule has 2 heterocycles. The summed E-state index contributed by atoms with van der Waals surface area (Å²) in [6, 6.07) is -1.02. The van der Waals surface area contributed by atoms with Crippen molar-refractivity contribution in [2.45, 2.75) is 67.4 Å². The van der Waals surface area contributed by atoms with Crippen LogP contribution >= 0.6 is 11.8 Å². The molecule has 31 heavy (non-hydrogen) atoms. The Morgan fingerprint density at radius 2 is 1.68 bits per heavy atom. The monoisotopic (exact) mass is 470 g/mol. The zero-order chi connectivity index (χ0) is 23.3. The number of hydrogen-bond donors (Lipinski definition) is 8. The molecule has 0 aromatic rings. The Kier molecular flexibility index (Phi) is 9.88. The van der Waals surface area contributed by atoms with Crippen molar-refractivity contribution in [1.29, 1.82) is 5.41 Å². The average Bonchev–Trinajstić information content (AvgIpc) is 2.75. The van der Waals surface area contributed by atoms with Crippen molar-refractivity contribution in [1.82, 2.24) is 5.32 Å². The number of methoxy groups -OCH3 is 1. The lowest BCUT2D eigenvalue weighted by molar-refractivity contribution is -0.333. The third-order valence-electron chi connectivity index (χ3n) is 4.99. The summed E-state index contributed by atoms with van der Waals surface area (Å²) >= 11 is 1.06. The van der Waals surface area contributed by atoms with Crippen LogP contribution in [0.3, 0.4) is 0 Å². The minimum Gasteiger partial charge on any atom is -0.484 e. The minimum atomic E-state index is -1.72. The fraction of sp³-hybridized carbons (Fsp3) is 0.882. The van der Waals surface area contributed by atoms with Gasteiger partial charge < -0.3 is 54.9 Å². The molecule has 180 valence electrons. The van der Waals surface area contributed by atoms with Gasteiger partial charge in [0, 0.05) is 6.92 Å². The Bertz CT molecular complexity index is 613. The number of aliphatic hydroxyl groups excluding tert-OH is 6. The second-order valence-electron chi connectivity index (χ2n) is 7.18. The van der Waals surface area contributed by atoms with Crippen molar-refractivity contribution >= 4 is 23.6 Å². The van der Waals surface area contributed by atoms with Crippen LogP contribution in [0, 0.1) is 5.41 Å². The van der Waals surface area contributed by atoms with E-state index in [1.54, 1.807) is 0 Å². The standard InChI is InChI=1S/C17H30N2O11S/c1-6(22)19-10-12(24)15(8(4-21)29-17(10)31-5-9(18)27-2)30-16-14(26)13(25)11(23)7(3-20)28-16/h7-8,10-18,20-21,23-26H,3-5H2,1-2H3,(H,19,22)/t7?,8?,10?,11?,12?,13?,14?,15-,16?,17?/m0/s1. The number of thioether (sulfide) groups is 1. The number of aliphatic hydroxyl groups is 6. The van der Waals surface area contributed by atoms with Crippen LogP contribution in [0.15, 0.2) is 0 Å². The van der Waals surface area contributed by atoms with Gasteiger partial charge in [-0.2, -0.15) is 0 Å². The fourth-order valence-corrected chi connectivity index (χ4v) is 4.41. The van der Waals surface area contributed by atoms with Crippen molar-refractivity contribution in [3.8, 4) is 0 Å². The normalized spacial score (nSPS) is 40.9. The Labute approximate surface area is 182 Å². The molecule has 0 radical (unpaired) electrons. The molecule has 0 bridgehead atoms. The zero-order valence-corrected chi connectivity index (χ0v) is 17.8. The summed E-state index contributed by atoms with van der Waals surface area (Å²) < 4.78 is 21.4. The van der Waals surface area contributed by atoms with Crippen LogP contribution in [0.4, 0.5) is 0 Å². The van der Waals surface area contributed by atoms with Gasteiger partial charge in [0.15, 0.2) is 12.2 Å². The quantitative estimate of drug-likeness (QED) is 0.126. The summed E-state index contributed by atoms with van der Waals surface area (Å²) in [6.45, 7) is -0.0431. The molecule has 0 aromatic heterocycles. The smallest absolute Gasteiger partial charge is 0.217 e. The van der Waals surface area contributed by atoms with E-state index >= 15 is 0 Å². The first kappa shape index (κ1) is 26.2. The molecular weight excluding hydrogens is 440 g/mol. The number of carbonyl (C=O) groups excluding carboxylic acids is 1. The highest BCUT2D eigenvalue weighted by Crippen LogP contribution is 2.32. The number of amides is 1. The van der Waals surface area contributed by atoms with Crippen LogP contribution in [-0.2, 0) is 23.7 Å². The van der Waals surface area contributed by atoms with E-state index in [0.29, 0.717) is 0 Å². The van der Waals surface area contributed by atoms with Crippen molar-refractivity contribution in [2.24, 2.45) is 0 Å². The molecule has 0 aromatic carbocycles. The summed E-state index contributed by atoms with van der Waals surface area (Å²) in [6.07, 6.45) is -11.7. The first-order valence-corrected chi connectivity index (χ1v) is 10.6. The van der Waals surface area contributed by atoms with Gasteiger partial charge in [0.1, 0.15) is 48.2 Å². The molecule has 14 heteroatoms. The van der Waals surface area contributed by atoms with Gasteiger partial charge in [-0.1, -0.05) is 0 Å². The van der Waals surface area contributed by atoms with Gasteiger partial charge in [0.05, 0.1) is 32.1 Å². The molecule has 10 atom stereocenters. The van der Waals surface area contributed by atoms with Gasteiger partial charge in [0.2, 0.25) is 5.91 Å². The molecule has 0 spiro atoms. The highest BCUT2D eigenvalue weighted by Gasteiger charge is 2.51. The van der Waals surface area contributed by atoms with E-state index in [0.717, 1.165) is 11.8 Å². The molecule has 13 nitrogen and oxygen atoms in total. The summed E-state index contributed by atoms with van der Waals surface area (Å²) in [4.78, 5) is 11.7. The summed E-state index contributed by atoms with van der Waals surface area (Å²) in [5.41, 5.74) is -0.874. The average molecular weight is 470 g/mol. The maximum Gasteiger partial charge on any atom is 0.217 e. The van der Waals surface area contributed by atoms with Crippen molar-refractivity contribution in [3.63, 3.8) is 0 Å². The van der Waals surface area contributed by atoms with Gasteiger partial charge in [-0.25, -0.2) is 0 Å². The molecule has 0 aliphatic carbocycles. The summed E-state index contributed by atoms with van der Waals surface area (Å²) in [7, 11) is 1.33. The molecule has 8 N–H and O–H groups in total. The zero-order valence-electron chi connectivity index (χ0n) is 17.0. The fourth-order valence-electron chi connectivity index (χ4n) is 3.32. The lowest BCUT2D eigenvalue weighted by Crippen LogP contribution is -2.66. The Balaban J connectivity index is 2.20. The molecular formula is C17H30N2O11S. The maximum absolute atomic E-state index is 11.7. The van der Waals surface area contributed by atoms with Gasteiger partial charge in [0.25, 0.3) is 0 Å². The van der Waals surface area contributed by atoms with Gasteiger partial charge in [-0.15, -0.1) is 11.8 Å². The van der Waals surface area contributed by atoms with Crippen LogP contribution < -0.4 is 5.32 Å². The number of carbonyl (C=O) groups is 1. The lowest BCUT2D eigenvalue weighted by Gasteiger charge is -2.47. The lowest BCUT2D eigenvalue weighted by atomic mass is 9.96. The predicted molar refractivity (Wildman–Crippen MR) is 105 cm³/mol. The van der Waals surface area contributed by atoms with Crippen LogP contribution in [-0.4, -0.2) is 129 Å². The largest absolute Gasteiger partial charge is 0.484 e. The van der Waals surface area contributed by atoms with Gasteiger partial charge in [-0.05, 0) is 0 Å². The van der Waals surface area contributed by atoms with E-state index in [4.69, 9.17) is 24.4 Å². The third-order valence-corrected chi connectivity index (χ3v) is 6.15. The van der Waals surface area contributed by atoms with E-state index in [-0.39, 0.29) is 11.7 Å². The van der Waals surface area contributed by atoms with Crippen molar-refractivity contribution in [3.05, 3.63) is 0 Å². The molecule has 9 unspecified atom stereocenters. The van der Waals surface area contributed by atoms with E-state index in [2.05, 4.69) is 5.32 Å². The maximum atomic E-state index is 11.7. The van der Waals surface area contributed by atoms with Gasteiger partial charge in [-0.3, -0.25) is 10.2 Å². The highest BCUT2D eigenvalue weighted by atomic mass is 32.2. The number of rotatable bonds is 8. The Hall–Kier alpha value is -1.07. The minimum absolute atomic E-state index is 0.0649. The van der Waals surface area contributed by atoms with Crippen LogP contribution in [0.25, 0.3) is 0 Å². The van der Waals surface area contributed by atoms with Crippen LogP contribution in [0.2, 0.25) is 0 Å². The molecule has 0 saturated carbocycles. The number of hydrogen-bond acceptors (Lipinski definition) is 13. The van der Waals surface area contributed by atoms with Crippen molar-refractivity contribution in [2.75, 3.05) is 26.1 Å².